The van der Waals surface area contributed by atoms with Crippen molar-refractivity contribution in [1.29, 1.82) is 0 Å². The van der Waals surface area contributed by atoms with Crippen molar-refractivity contribution >= 4 is 6.16 Å². The zero-order chi connectivity index (χ0) is 13.8. The summed E-state index contributed by atoms with van der Waals surface area (Å²) in [7, 11) is 0. The number of ether oxygens (including phenoxy) is 2. The monoisotopic (exact) mass is 252 g/mol. The van der Waals surface area contributed by atoms with Gasteiger partial charge in [0.1, 0.15) is 11.2 Å². The molecule has 0 aliphatic rings. The van der Waals surface area contributed by atoms with Crippen molar-refractivity contribution in [3.63, 3.8) is 0 Å². The minimum absolute atomic E-state index is 0.470. The molecule has 0 saturated heterocycles. The molecular weight excluding hydrogens is 232 g/mol. The predicted molar refractivity (Wildman–Crippen MR) is 68.6 cm³/mol. The Kier molecular flexibility index (Phi) is 4.35. The van der Waals surface area contributed by atoms with E-state index < -0.39 is 17.4 Å². The smallest absolute Gasteiger partial charge is 0.450 e. The van der Waals surface area contributed by atoms with Crippen molar-refractivity contribution in [3.05, 3.63) is 35.9 Å². The Morgan fingerprint density at radius 3 is 2.22 bits per heavy atom. The quantitative estimate of drug-likeness (QED) is 0.816. The van der Waals surface area contributed by atoms with Crippen LogP contribution in [-0.2, 0) is 15.1 Å². The van der Waals surface area contributed by atoms with Gasteiger partial charge in [-0.15, -0.1) is 0 Å². The molecule has 0 aliphatic carbocycles. The molecule has 0 bridgehead atoms. The highest BCUT2D eigenvalue weighted by molar-refractivity contribution is 5.58. The molecule has 0 fully saturated rings. The van der Waals surface area contributed by atoms with E-state index in [-0.39, 0.29) is 0 Å². The highest BCUT2D eigenvalue weighted by atomic mass is 16.7. The van der Waals surface area contributed by atoms with E-state index in [4.69, 9.17) is 14.6 Å². The van der Waals surface area contributed by atoms with E-state index in [1.807, 2.05) is 44.2 Å². The Morgan fingerprint density at radius 2 is 1.78 bits per heavy atom. The molecule has 0 saturated carbocycles. The molecule has 1 atom stereocenters. The topological polar surface area (TPSA) is 55.8 Å². The van der Waals surface area contributed by atoms with Crippen LogP contribution in [0.15, 0.2) is 30.3 Å². The third kappa shape index (κ3) is 2.82. The lowest BCUT2D eigenvalue weighted by atomic mass is 9.81. The van der Waals surface area contributed by atoms with E-state index in [0.717, 1.165) is 5.56 Å². The Bertz CT molecular complexity index is 400. The van der Waals surface area contributed by atoms with Gasteiger partial charge in [0.2, 0.25) is 0 Å². The van der Waals surface area contributed by atoms with Crippen LogP contribution in [0.1, 0.15) is 33.3 Å². The summed E-state index contributed by atoms with van der Waals surface area (Å²) >= 11 is 0. The van der Waals surface area contributed by atoms with Crippen molar-refractivity contribution in [3.8, 4) is 0 Å². The Balaban J connectivity index is 3.18. The molecule has 0 spiro atoms. The molecule has 0 heterocycles. The second-order valence-corrected chi connectivity index (χ2v) is 4.71. The molecule has 1 aromatic rings. The molecule has 18 heavy (non-hydrogen) atoms. The zero-order valence-electron chi connectivity index (χ0n) is 11.3. The molecule has 4 heteroatoms. The lowest BCUT2D eigenvalue weighted by Gasteiger charge is -2.42. The standard InChI is InChI=1S/C14H20O4/c1-5-17-14(4,11-9-7-6-8-10-11)13(2,3)18-12(15)16/h6-10H,5H2,1-4H3,(H,15,16). The van der Waals surface area contributed by atoms with Crippen molar-refractivity contribution in [2.75, 3.05) is 6.61 Å². The van der Waals surface area contributed by atoms with Gasteiger partial charge in [-0.25, -0.2) is 4.79 Å². The number of carbonyl (C=O) groups is 1. The van der Waals surface area contributed by atoms with Gasteiger partial charge in [0.15, 0.2) is 0 Å². The van der Waals surface area contributed by atoms with Crippen LogP contribution in [-0.4, -0.2) is 23.5 Å². The number of hydrogen-bond donors (Lipinski definition) is 1. The number of carboxylic acid groups (broad SMARTS) is 1. The third-order valence-corrected chi connectivity index (χ3v) is 3.25. The van der Waals surface area contributed by atoms with Gasteiger partial charge in [-0.1, -0.05) is 30.3 Å². The highest BCUT2D eigenvalue weighted by Gasteiger charge is 2.46. The van der Waals surface area contributed by atoms with E-state index in [1.54, 1.807) is 13.8 Å². The average Bonchev–Trinajstić information content (AvgIpc) is 2.28. The minimum Gasteiger partial charge on any atom is -0.450 e. The molecule has 0 aliphatic heterocycles. The van der Waals surface area contributed by atoms with Gasteiger partial charge in [0.05, 0.1) is 0 Å². The zero-order valence-corrected chi connectivity index (χ0v) is 11.3. The molecule has 1 N–H and O–H groups in total. The van der Waals surface area contributed by atoms with E-state index in [0.29, 0.717) is 6.61 Å². The first-order valence-electron chi connectivity index (χ1n) is 5.95. The van der Waals surface area contributed by atoms with Crippen LogP contribution < -0.4 is 0 Å². The fourth-order valence-corrected chi connectivity index (χ4v) is 1.97. The van der Waals surface area contributed by atoms with Crippen LogP contribution >= 0.6 is 0 Å². The summed E-state index contributed by atoms with van der Waals surface area (Å²) in [6.07, 6.45) is -1.30. The van der Waals surface area contributed by atoms with E-state index in [2.05, 4.69) is 0 Å². The van der Waals surface area contributed by atoms with Gasteiger partial charge >= 0.3 is 6.16 Å². The van der Waals surface area contributed by atoms with Crippen molar-refractivity contribution < 1.29 is 19.4 Å². The molecule has 0 aromatic heterocycles. The summed E-state index contributed by atoms with van der Waals surface area (Å²) in [6.45, 7) is 7.61. The first kappa shape index (κ1) is 14.5. The van der Waals surface area contributed by atoms with Crippen LogP contribution in [0.2, 0.25) is 0 Å². The maximum atomic E-state index is 10.8. The lowest BCUT2D eigenvalue weighted by Crippen LogP contribution is -2.50. The summed E-state index contributed by atoms with van der Waals surface area (Å²) < 4.78 is 10.8. The van der Waals surface area contributed by atoms with Crippen LogP contribution in [0.3, 0.4) is 0 Å². The van der Waals surface area contributed by atoms with Crippen LogP contribution in [0.5, 0.6) is 0 Å². The largest absolute Gasteiger partial charge is 0.506 e. The number of hydrogen-bond acceptors (Lipinski definition) is 3. The summed E-state index contributed by atoms with van der Waals surface area (Å²) in [4.78, 5) is 10.8. The molecule has 1 rings (SSSR count). The summed E-state index contributed by atoms with van der Waals surface area (Å²) in [5, 5.41) is 8.85. The van der Waals surface area contributed by atoms with Crippen LogP contribution in [0.4, 0.5) is 4.79 Å². The number of rotatable bonds is 5. The maximum absolute atomic E-state index is 10.8. The summed E-state index contributed by atoms with van der Waals surface area (Å²) in [5.41, 5.74) is -0.935. The molecular formula is C14H20O4. The average molecular weight is 252 g/mol. The van der Waals surface area contributed by atoms with Crippen molar-refractivity contribution in [1.82, 2.24) is 0 Å². The third-order valence-electron chi connectivity index (χ3n) is 3.25. The molecule has 4 nitrogen and oxygen atoms in total. The minimum atomic E-state index is -1.30. The first-order chi connectivity index (χ1) is 8.33. The van der Waals surface area contributed by atoms with Gasteiger partial charge < -0.3 is 14.6 Å². The first-order valence-corrected chi connectivity index (χ1v) is 5.95. The normalized spacial score (nSPS) is 14.9. The predicted octanol–water partition coefficient (Wildman–Crippen LogP) is 3.41. The van der Waals surface area contributed by atoms with Crippen molar-refractivity contribution in [2.24, 2.45) is 0 Å². The molecule has 0 amide bonds. The second-order valence-electron chi connectivity index (χ2n) is 4.71. The molecule has 100 valence electrons. The lowest BCUT2D eigenvalue weighted by molar-refractivity contribution is -0.169. The Labute approximate surface area is 108 Å². The second kappa shape index (κ2) is 5.40. The van der Waals surface area contributed by atoms with Gasteiger partial charge in [-0.2, -0.15) is 0 Å². The van der Waals surface area contributed by atoms with Gasteiger partial charge in [-0.3, -0.25) is 0 Å². The van der Waals surface area contributed by atoms with Gasteiger partial charge in [-0.05, 0) is 33.3 Å². The van der Waals surface area contributed by atoms with Crippen LogP contribution in [0, 0.1) is 0 Å². The fourth-order valence-electron chi connectivity index (χ4n) is 1.97. The highest BCUT2D eigenvalue weighted by Crippen LogP contribution is 2.38. The SMILES string of the molecule is CCOC(C)(c1ccccc1)C(C)(C)OC(=O)O. The Hall–Kier alpha value is -1.55. The molecule has 1 unspecified atom stereocenters. The van der Waals surface area contributed by atoms with E-state index >= 15 is 0 Å². The summed E-state index contributed by atoms with van der Waals surface area (Å²) in [6, 6.07) is 9.50. The molecule has 1 aromatic carbocycles. The van der Waals surface area contributed by atoms with E-state index in [1.165, 1.54) is 0 Å². The maximum Gasteiger partial charge on any atom is 0.506 e. The van der Waals surface area contributed by atoms with E-state index in [9.17, 15) is 4.79 Å². The van der Waals surface area contributed by atoms with Gasteiger partial charge in [0, 0.05) is 6.61 Å². The number of benzene rings is 1. The Morgan fingerprint density at radius 1 is 1.22 bits per heavy atom. The van der Waals surface area contributed by atoms with Crippen molar-refractivity contribution in [2.45, 2.75) is 38.9 Å². The molecule has 0 radical (unpaired) electrons. The van der Waals surface area contributed by atoms with Crippen LogP contribution in [0.25, 0.3) is 0 Å². The fraction of sp³-hybridized carbons (Fsp3) is 0.500. The summed E-state index contributed by atoms with van der Waals surface area (Å²) in [5.74, 6) is 0. The van der Waals surface area contributed by atoms with Gasteiger partial charge in [0.25, 0.3) is 0 Å².